The number of carbonyl (C=O) groups is 2. The van der Waals surface area contributed by atoms with E-state index in [2.05, 4.69) is 21.2 Å². The summed E-state index contributed by atoms with van der Waals surface area (Å²) in [6.45, 7) is 5.00. The average molecular weight is 697 g/mol. The van der Waals surface area contributed by atoms with Crippen molar-refractivity contribution < 1.29 is 18.0 Å². The fourth-order valence-electron chi connectivity index (χ4n) is 4.85. The van der Waals surface area contributed by atoms with Crippen molar-refractivity contribution in [1.29, 1.82) is 0 Å². The molecule has 7 nitrogen and oxygen atoms in total. The summed E-state index contributed by atoms with van der Waals surface area (Å²) in [5.74, 6) is -0.868. The molecule has 0 unspecified atom stereocenters. The van der Waals surface area contributed by atoms with Gasteiger partial charge in [-0.3, -0.25) is 13.9 Å². The number of hydrogen-bond acceptors (Lipinski definition) is 4. The highest BCUT2D eigenvalue weighted by Crippen LogP contribution is 2.30. The Morgan fingerprint density at radius 3 is 2.14 bits per heavy atom. The third-order valence-corrected chi connectivity index (χ3v) is 9.50. The van der Waals surface area contributed by atoms with Gasteiger partial charge in [0.25, 0.3) is 10.0 Å². The predicted molar refractivity (Wildman–Crippen MR) is 179 cm³/mol. The number of anilines is 1. The van der Waals surface area contributed by atoms with Crippen molar-refractivity contribution in [1.82, 2.24) is 10.2 Å². The molecule has 1 N–H and O–H groups in total. The van der Waals surface area contributed by atoms with Gasteiger partial charge in [-0.2, -0.15) is 0 Å². The third kappa shape index (κ3) is 8.49. The lowest BCUT2D eigenvalue weighted by atomic mass is 10.0. The zero-order valence-electron chi connectivity index (χ0n) is 24.8. The summed E-state index contributed by atoms with van der Waals surface area (Å²) in [5, 5.41) is 3.29. The van der Waals surface area contributed by atoms with Gasteiger partial charge in [0, 0.05) is 28.5 Å². The minimum Gasteiger partial charge on any atom is -0.352 e. The van der Waals surface area contributed by atoms with Gasteiger partial charge >= 0.3 is 0 Å². The van der Waals surface area contributed by atoms with Crippen molar-refractivity contribution in [2.24, 2.45) is 0 Å². The van der Waals surface area contributed by atoms with Crippen LogP contribution in [0.25, 0.3) is 0 Å². The van der Waals surface area contributed by atoms with Crippen LogP contribution in [0.2, 0.25) is 5.02 Å². The van der Waals surface area contributed by atoms with Crippen molar-refractivity contribution in [2.75, 3.05) is 10.8 Å². The number of sulfonamides is 1. The standard InChI is InChI=1S/C34H35BrClN3O4S/c1-24(2)37-34(41)32(20-26-11-6-4-7-12-26)38(22-27-13-10-14-28(35)19-27)33(40)23-39(31-21-29(36)18-17-25(31)3)44(42,43)30-15-8-5-9-16-30/h4-19,21,24,32H,20,22-23H2,1-3H3,(H,37,41)/t32-/m1/s1. The van der Waals surface area contributed by atoms with Gasteiger partial charge in [-0.15, -0.1) is 0 Å². The molecule has 44 heavy (non-hydrogen) atoms. The molecule has 230 valence electrons. The lowest BCUT2D eigenvalue weighted by molar-refractivity contribution is -0.140. The fourth-order valence-corrected chi connectivity index (χ4v) is 6.96. The Kier molecular flexibility index (Phi) is 11.2. The zero-order chi connectivity index (χ0) is 31.9. The first-order chi connectivity index (χ1) is 21.0. The molecule has 4 aromatic carbocycles. The van der Waals surface area contributed by atoms with Gasteiger partial charge in [-0.1, -0.05) is 94.3 Å². The number of amides is 2. The summed E-state index contributed by atoms with van der Waals surface area (Å²) in [6.07, 6.45) is 0.237. The Balaban J connectivity index is 1.83. The van der Waals surface area contributed by atoms with Crippen molar-refractivity contribution >= 4 is 55.1 Å². The molecule has 0 aromatic heterocycles. The Bertz CT molecular complexity index is 1700. The monoisotopic (exact) mass is 695 g/mol. The summed E-state index contributed by atoms with van der Waals surface area (Å²) in [4.78, 5) is 29.8. The van der Waals surface area contributed by atoms with E-state index in [4.69, 9.17) is 11.6 Å². The summed E-state index contributed by atoms with van der Waals surface area (Å²) in [7, 11) is -4.21. The summed E-state index contributed by atoms with van der Waals surface area (Å²) >= 11 is 9.83. The molecular weight excluding hydrogens is 662 g/mol. The Morgan fingerprint density at radius 2 is 1.50 bits per heavy atom. The van der Waals surface area contributed by atoms with Crippen molar-refractivity contribution in [3.05, 3.63) is 129 Å². The predicted octanol–water partition coefficient (Wildman–Crippen LogP) is 6.77. The van der Waals surface area contributed by atoms with Crippen LogP contribution in [0.15, 0.2) is 112 Å². The molecule has 0 aliphatic carbocycles. The van der Waals surface area contributed by atoms with Crippen LogP contribution in [0.1, 0.15) is 30.5 Å². The average Bonchev–Trinajstić information content (AvgIpc) is 2.99. The van der Waals surface area contributed by atoms with E-state index in [-0.39, 0.29) is 35.5 Å². The van der Waals surface area contributed by atoms with Crippen LogP contribution < -0.4 is 9.62 Å². The van der Waals surface area contributed by atoms with E-state index in [1.807, 2.05) is 68.4 Å². The van der Waals surface area contributed by atoms with Gasteiger partial charge in [0.1, 0.15) is 12.6 Å². The lowest BCUT2D eigenvalue weighted by Crippen LogP contribution is -2.54. The number of nitrogens with zero attached hydrogens (tertiary/aromatic N) is 2. The van der Waals surface area contributed by atoms with Crippen LogP contribution in [0.4, 0.5) is 5.69 Å². The minimum atomic E-state index is -4.21. The Morgan fingerprint density at radius 1 is 0.864 bits per heavy atom. The van der Waals surface area contributed by atoms with Crippen LogP contribution in [0, 0.1) is 6.92 Å². The van der Waals surface area contributed by atoms with Crippen molar-refractivity contribution in [2.45, 2.75) is 50.7 Å². The van der Waals surface area contributed by atoms with E-state index >= 15 is 0 Å². The Hall–Kier alpha value is -3.66. The first-order valence-corrected chi connectivity index (χ1v) is 16.8. The molecule has 2 amide bonds. The first-order valence-electron chi connectivity index (χ1n) is 14.2. The van der Waals surface area contributed by atoms with Gasteiger partial charge in [0.15, 0.2) is 0 Å². The number of rotatable bonds is 12. The van der Waals surface area contributed by atoms with Gasteiger partial charge in [-0.25, -0.2) is 8.42 Å². The molecule has 0 saturated heterocycles. The highest BCUT2D eigenvalue weighted by Gasteiger charge is 2.35. The Labute approximate surface area is 273 Å². The van der Waals surface area contributed by atoms with E-state index in [9.17, 15) is 18.0 Å². The van der Waals surface area contributed by atoms with Crippen LogP contribution in [0.5, 0.6) is 0 Å². The molecule has 10 heteroatoms. The zero-order valence-corrected chi connectivity index (χ0v) is 27.9. The molecule has 0 fully saturated rings. The fraction of sp³-hybridized carbons (Fsp3) is 0.235. The van der Waals surface area contributed by atoms with Gasteiger partial charge in [0.2, 0.25) is 11.8 Å². The first kappa shape index (κ1) is 33.2. The van der Waals surface area contributed by atoms with Crippen molar-refractivity contribution in [3.8, 4) is 0 Å². The maximum absolute atomic E-state index is 14.5. The number of carbonyl (C=O) groups excluding carboxylic acids is 2. The third-order valence-electron chi connectivity index (χ3n) is 6.99. The summed E-state index contributed by atoms with van der Waals surface area (Å²) in [5.41, 5.74) is 2.55. The van der Waals surface area contributed by atoms with Crippen LogP contribution >= 0.6 is 27.5 Å². The van der Waals surface area contributed by atoms with Crippen LogP contribution in [-0.2, 0) is 32.6 Å². The molecule has 0 spiro atoms. The van der Waals surface area contributed by atoms with E-state index < -0.39 is 28.5 Å². The molecule has 1 atom stereocenters. The van der Waals surface area contributed by atoms with Crippen LogP contribution in [-0.4, -0.2) is 43.8 Å². The highest BCUT2D eigenvalue weighted by atomic mass is 79.9. The van der Waals surface area contributed by atoms with Crippen LogP contribution in [0.3, 0.4) is 0 Å². The minimum absolute atomic E-state index is 0.0316. The number of halogens is 2. The molecule has 0 bridgehead atoms. The second-order valence-corrected chi connectivity index (χ2v) is 14.0. The number of benzene rings is 4. The topological polar surface area (TPSA) is 86.8 Å². The maximum Gasteiger partial charge on any atom is 0.264 e. The second kappa shape index (κ2) is 14.9. The van der Waals surface area contributed by atoms with E-state index in [1.54, 1.807) is 37.3 Å². The normalized spacial score (nSPS) is 12.0. The number of nitrogens with one attached hydrogen (secondary N) is 1. The van der Waals surface area contributed by atoms with Crippen molar-refractivity contribution in [3.63, 3.8) is 0 Å². The van der Waals surface area contributed by atoms with E-state index in [0.717, 1.165) is 19.9 Å². The maximum atomic E-state index is 14.5. The molecule has 0 radical (unpaired) electrons. The SMILES string of the molecule is Cc1ccc(Cl)cc1N(CC(=O)N(Cc1cccc(Br)c1)[C@H](Cc1ccccc1)C(=O)NC(C)C)S(=O)(=O)c1ccccc1. The molecule has 0 saturated carbocycles. The number of hydrogen-bond donors (Lipinski definition) is 1. The van der Waals surface area contributed by atoms with E-state index in [0.29, 0.717) is 10.6 Å². The number of aryl methyl sites for hydroxylation is 1. The lowest BCUT2D eigenvalue weighted by Gasteiger charge is -2.34. The largest absolute Gasteiger partial charge is 0.352 e. The summed E-state index contributed by atoms with van der Waals surface area (Å²) < 4.78 is 30.1. The highest BCUT2D eigenvalue weighted by molar-refractivity contribution is 9.10. The molecule has 4 rings (SSSR count). The quantitative estimate of drug-likeness (QED) is 0.177. The summed E-state index contributed by atoms with van der Waals surface area (Å²) in [6, 6.07) is 28.7. The van der Waals surface area contributed by atoms with E-state index in [1.165, 1.54) is 23.1 Å². The molecule has 0 aliphatic rings. The molecule has 4 aromatic rings. The molecule has 0 aliphatic heterocycles. The van der Waals surface area contributed by atoms with Gasteiger partial charge in [0.05, 0.1) is 10.6 Å². The second-order valence-electron chi connectivity index (χ2n) is 10.8. The smallest absolute Gasteiger partial charge is 0.264 e. The molecule has 0 heterocycles. The van der Waals surface area contributed by atoms with Gasteiger partial charge in [-0.05, 0) is 73.9 Å². The molecular formula is C34H35BrClN3O4S. The van der Waals surface area contributed by atoms with Gasteiger partial charge < -0.3 is 10.2 Å².